The van der Waals surface area contributed by atoms with Crippen molar-refractivity contribution in [1.82, 2.24) is 40.4 Å². The highest BCUT2D eigenvalue weighted by molar-refractivity contribution is 5.89. The maximum Gasteiger partial charge on any atom is 0.407 e. The van der Waals surface area contributed by atoms with E-state index in [2.05, 4.69) is 30.3 Å². The van der Waals surface area contributed by atoms with E-state index in [1.54, 1.807) is 40.3 Å². The van der Waals surface area contributed by atoms with Crippen LogP contribution in [0.2, 0.25) is 0 Å². The van der Waals surface area contributed by atoms with Crippen molar-refractivity contribution in [1.29, 1.82) is 5.26 Å². The first-order valence-electron chi connectivity index (χ1n) is 21.9. The molecule has 0 radical (unpaired) electrons. The van der Waals surface area contributed by atoms with Crippen LogP contribution in [0.15, 0.2) is 60.8 Å². The second kappa shape index (κ2) is 17.3. The molecule has 4 atom stereocenters. The van der Waals surface area contributed by atoms with Gasteiger partial charge in [-0.3, -0.25) is 9.59 Å². The van der Waals surface area contributed by atoms with Crippen molar-refractivity contribution in [3.8, 4) is 39.6 Å². The summed E-state index contributed by atoms with van der Waals surface area (Å²) in [5, 5.41) is 14.6. The van der Waals surface area contributed by atoms with E-state index < -0.39 is 42.1 Å². The first kappa shape index (κ1) is 44.8. The van der Waals surface area contributed by atoms with Crippen LogP contribution in [0.5, 0.6) is 0 Å². The van der Waals surface area contributed by atoms with E-state index in [1.165, 1.54) is 26.4 Å². The molecular weight excluding hydrogens is 837 g/mol. The average Bonchev–Trinajstić information content (AvgIpc) is 3.61. The largest absolute Gasteiger partial charge is 0.453 e. The molecule has 1 aliphatic heterocycles. The number of benzene rings is 3. The number of methoxy groups -OCH3 is 2. The maximum absolute atomic E-state index is 16.6. The van der Waals surface area contributed by atoms with Crippen molar-refractivity contribution in [3.05, 3.63) is 83.6 Å². The number of aromatic nitrogens is 4. The van der Waals surface area contributed by atoms with E-state index in [-0.39, 0.29) is 53.3 Å². The molecule has 15 nitrogen and oxygen atoms in total. The summed E-state index contributed by atoms with van der Waals surface area (Å²) in [4.78, 5) is 71.5. The zero-order valence-corrected chi connectivity index (χ0v) is 37.4. The molecule has 65 heavy (non-hydrogen) atoms. The number of H-pyrrole nitrogens is 2. The predicted molar refractivity (Wildman–Crippen MR) is 237 cm³/mol. The van der Waals surface area contributed by atoms with Crippen LogP contribution in [0.3, 0.4) is 0 Å². The number of amides is 4. The van der Waals surface area contributed by atoms with Gasteiger partial charge in [-0.25, -0.2) is 19.6 Å². The Hall–Kier alpha value is -6.83. The lowest BCUT2D eigenvalue weighted by Gasteiger charge is -2.34. The molecule has 1 saturated carbocycles. The number of nitriles is 1. The molecule has 2 fully saturated rings. The van der Waals surface area contributed by atoms with Gasteiger partial charge in [0, 0.05) is 29.8 Å². The van der Waals surface area contributed by atoms with Crippen molar-refractivity contribution in [2.75, 3.05) is 27.3 Å². The van der Waals surface area contributed by atoms with Gasteiger partial charge in [-0.05, 0) is 90.0 Å². The summed E-state index contributed by atoms with van der Waals surface area (Å²) in [6.45, 7) is 10.2. The molecule has 3 aliphatic rings. The van der Waals surface area contributed by atoms with Gasteiger partial charge in [-0.1, -0.05) is 58.0 Å². The smallest absolute Gasteiger partial charge is 0.407 e. The minimum absolute atomic E-state index is 0.000989. The van der Waals surface area contributed by atoms with Gasteiger partial charge in [-0.15, -0.1) is 0 Å². The van der Waals surface area contributed by atoms with Crippen molar-refractivity contribution >= 4 is 35.0 Å². The number of carbonyl (C=O) groups is 4. The lowest BCUT2D eigenvalue weighted by Crippen LogP contribution is -2.51. The predicted octanol–water partition coefficient (Wildman–Crippen LogP) is 8.36. The van der Waals surface area contributed by atoms with E-state index >= 15 is 8.78 Å². The lowest BCUT2D eigenvalue weighted by molar-refractivity contribution is -0.137. The highest BCUT2D eigenvalue weighted by atomic mass is 19.3. The molecule has 2 aliphatic carbocycles. The van der Waals surface area contributed by atoms with Crippen LogP contribution < -0.4 is 10.6 Å². The lowest BCUT2D eigenvalue weighted by atomic mass is 9.98. The summed E-state index contributed by atoms with van der Waals surface area (Å²) >= 11 is 0. The Morgan fingerprint density at radius 2 is 1.54 bits per heavy atom. The van der Waals surface area contributed by atoms with Crippen molar-refractivity contribution in [2.45, 2.75) is 90.4 Å². The van der Waals surface area contributed by atoms with Gasteiger partial charge >= 0.3 is 12.2 Å². The molecule has 0 unspecified atom stereocenters. The third kappa shape index (κ3) is 8.26. The number of halogens is 2. The maximum atomic E-state index is 16.6. The summed E-state index contributed by atoms with van der Waals surface area (Å²) in [6, 6.07) is 14.7. The number of ether oxygens (including phenoxy) is 2. The second-order valence-electron chi connectivity index (χ2n) is 18.0. The number of alkyl carbamates (subject to hydrolysis) is 2. The van der Waals surface area contributed by atoms with Gasteiger partial charge in [0.2, 0.25) is 11.8 Å². The fourth-order valence-electron chi connectivity index (χ4n) is 9.53. The van der Waals surface area contributed by atoms with Gasteiger partial charge < -0.3 is 39.9 Å². The number of fused-ring (bicyclic) bond motifs is 4. The van der Waals surface area contributed by atoms with Gasteiger partial charge in [0.25, 0.3) is 5.92 Å². The Balaban J connectivity index is 1.04. The molecule has 3 aromatic carbocycles. The topological polar surface area (TPSA) is 198 Å². The fraction of sp³-hybridized carbons (Fsp3) is 0.438. The number of alkyl halides is 2. The molecule has 0 bridgehead atoms. The number of nitrogens with one attached hydrogen (secondary N) is 4. The molecule has 5 aromatic rings. The minimum atomic E-state index is -3.32. The quantitative estimate of drug-likeness (QED) is 0.0897. The van der Waals surface area contributed by atoms with Crippen LogP contribution in [-0.2, 0) is 25.0 Å². The van der Waals surface area contributed by atoms with E-state index in [4.69, 9.17) is 9.72 Å². The molecular formula is C48H53F2N9O6. The van der Waals surface area contributed by atoms with Crippen LogP contribution in [0, 0.1) is 28.6 Å². The molecule has 17 heteroatoms. The Labute approximate surface area is 375 Å². The number of imidazole rings is 2. The first-order valence-corrected chi connectivity index (χ1v) is 21.9. The number of hydrogen-bond donors (Lipinski definition) is 4. The van der Waals surface area contributed by atoms with Gasteiger partial charge in [0.05, 0.1) is 61.7 Å². The average molecular weight is 890 g/mol. The molecule has 340 valence electrons. The fourth-order valence-corrected chi connectivity index (χ4v) is 9.53. The van der Waals surface area contributed by atoms with E-state index in [1.807, 2.05) is 58.9 Å². The van der Waals surface area contributed by atoms with E-state index in [0.29, 0.717) is 69.2 Å². The number of rotatable bonds is 13. The van der Waals surface area contributed by atoms with Crippen molar-refractivity contribution in [3.63, 3.8) is 0 Å². The summed E-state index contributed by atoms with van der Waals surface area (Å²) in [6.07, 6.45) is 2.56. The molecule has 8 rings (SSSR count). The Kier molecular flexibility index (Phi) is 11.9. The normalized spacial score (nSPS) is 17.9. The van der Waals surface area contributed by atoms with Gasteiger partial charge in [-0.2, -0.15) is 14.0 Å². The van der Waals surface area contributed by atoms with E-state index in [9.17, 15) is 24.4 Å². The highest BCUT2D eigenvalue weighted by Crippen LogP contribution is 2.58. The van der Waals surface area contributed by atoms with E-state index in [0.717, 1.165) is 12.8 Å². The van der Waals surface area contributed by atoms with Gasteiger partial charge in [0.15, 0.2) is 0 Å². The van der Waals surface area contributed by atoms with Crippen molar-refractivity contribution in [2.24, 2.45) is 17.3 Å². The number of hydrogen-bond acceptors (Lipinski definition) is 9. The Morgan fingerprint density at radius 3 is 2.15 bits per heavy atom. The minimum Gasteiger partial charge on any atom is -0.453 e. The molecule has 4 N–H and O–H groups in total. The SMILES string of the molecule is CCN(C(=O)[C@H](CC#N)NC(=O)OC)[C@H](c1nc2ccc(-c3ccc4c(c3)C(F)(F)c3cc(-c5cnc([C@@H]6CC7(CC7)CN6C(=O)[C@@H](NC(=O)OC)C(C)C)[nH]5)ccc3-4)cc2[nH]1)C(C)C. The number of aromatic amines is 2. The van der Waals surface area contributed by atoms with Crippen LogP contribution in [0.4, 0.5) is 18.4 Å². The summed E-state index contributed by atoms with van der Waals surface area (Å²) in [5.41, 5.74) is 4.23. The summed E-state index contributed by atoms with van der Waals surface area (Å²) in [5.74, 6) is -3.24. The zero-order chi connectivity index (χ0) is 46.5. The second-order valence-corrected chi connectivity index (χ2v) is 18.0. The highest BCUT2D eigenvalue weighted by Gasteiger charge is 2.55. The summed E-state index contributed by atoms with van der Waals surface area (Å²) < 4.78 is 42.8. The third-order valence-corrected chi connectivity index (χ3v) is 13.1. The van der Waals surface area contributed by atoms with Crippen LogP contribution in [0.25, 0.3) is 44.5 Å². The molecule has 4 amide bonds. The Bertz CT molecular complexity index is 2720. The van der Waals surface area contributed by atoms with Crippen LogP contribution >= 0.6 is 0 Å². The number of nitrogens with zero attached hydrogens (tertiary/aromatic N) is 5. The number of carbonyl (C=O) groups excluding carboxylic acids is 4. The van der Waals surface area contributed by atoms with Gasteiger partial charge in [0.1, 0.15) is 23.7 Å². The Morgan fingerprint density at radius 1 is 0.908 bits per heavy atom. The monoisotopic (exact) mass is 889 g/mol. The molecule has 2 aromatic heterocycles. The first-order chi connectivity index (χ1) is 31.0. The molecule has 1 spiro atoms. The zero-order valence-electron chi connectivity index (χ0n) is 37.4. The third-order valence-electron chi connectivity index (χ3n) is 13.1. The van der Waals surface area contributed by atoms with Crippen LogP contribution in [-0.4, -0.2) is 93.1 Å². The van der Waals surface area contributed by atoms with Crippen LogP contribution in [0.1, 0.15) is 95.2 Å². The van der Waals surface area contributed by atoms with Crippen molar-refractivity contribution < 1.29 is 37.4 Å². The molecule has 3 heterocycles. The summed E-state index contributed by atoms with van der Waals surface area (Å²) in [7, 11) is 2.44. The number of likely N-dealkylation sites (N-methyl/N-ethyl adjacent to an activating group) is 1. The number of likely N-dealkylation sites (tertiary alicyclic amines) is 1. The molecule has 1 saturated heterocycles. The standard InChI is InChI=1S/C48H53F2N9O6/c1-8-58(43(60)35(15-18-51)56-45(62)64-6)40(26(4)5)42-53-34-14-11-28(21-36(34)54-42)27-9-12-30-31-13-10-29(20-33(31)48(49,50)32(30)19-27)37-23-52-41(55-37)38-22-47(16-17-47)24-59(38)44(61)39(25(2)3)57-46(63)65-7/h9-14,19-21,23,25-26,35,38-40H,8,15-17,22,24H2,1-7H3,(H,52,55)(H,53,54)(H,56,62)(H,57,63)/t35-,38-,39-,40-/m0/s1.